The number of hydrogen-bond donors (Lipinski definition) is 0. The van der Waals surface area contributed by atoms with Crippen molar-refractivity contribution in [1.82, 2.24) is 0 Å². The molecule has 0 aromatic heterocycles. The molecule has 0 saturated heterocycles. The van der Waals surface area contributed by atoms with E-state index in [2.05, 4.69) is 6.92 Å². The van der Waals surface area contributed by atoms with Gasteiger partial charge in [0.05, 0.1) is 0 Å². The molecule has 2 aromatic rings. The predicted molar refractivity (Wildman–Crippen MR) is 79.6 cm³/mol. The molecule has 3 heteroatoms. The van der Waals surface area contributed by atoms with E-state index in [9.17, 15) is 0 Å². The van der Waals surface area contributed by atoms with Crippen LogP contribution in [0.2, 0.25) is 6.04 Å². The van der Waals surface area contributed by atoms with Crippen molar-refractivity contribution >= 4 is 9.28 Å². The molecule has 0 spiro atoms. The van der Waals surface area contributed by atoms with Crippen LogP contribution in [0.15, 0.2) is 60.7 Å². The molecule has 0 aliphatic heterocycles. The first-order chi connectivity index (χ1) is 9.38. The summed E-state index contributed by atoms with van der Waals surface area (Å²) in [6.45, 7) is 2.19. The molecule has 2 rings (SSSR count). The minimum Gasteiger partial charge on any atom is -0.510 e. The Hall–Kier alpha value is -1.74. The van der Waals surface area contributed by atoms with Gasteiger partial charge in [-0.2, -0.15) is 0 Å². The largest absolute Gasteiger partial charge is 0.532 e. The van der Waals surface area contributed by atoms with Gasteiger partial charge in [-0.15, -0.1) is 0 Å². The third-order valence-electron chi connectivity index (χ3n) is 2.68. The molecule has 1 radical (unpaired) electrons. The third kappa shape index (κ3) is 4.79. The Kier molecular flexibility index (Phi) is 5.50. The van der Waals surface area contributed by atoms with E-state index in [4.69, 9.17) is 8.85 Å². The third-order valence-corrected chi connectivity index (χ3v) is 4.37. The van der Waals surface area contributed by atoms with Crippen LogP contribution in [0.3, 0.4) is 0 Å². The minimum absolute atomic E-state index is 0.892. The van der Waals surface area contributed by atoms with Crippen molar-refractivity contribution in [1.29, 1.82) is 0 Å². The summed E-state index contributed by atoms with van der Waals surface area (Å²) in [7, 11) is -1.31. The Labute approximate surface area is 116 Å². The van der Waals surface area contributed by atoms with Crippen molar-refractivity contribution in [3.8, 4) is 11.5 Å². The number of unbranched alkanes of at least 4 members (excludes halogenated alkanes) is 1. The maximum atomic E-state index is 6.00. The quantitative estimate of drug-likeness (QED) is 0.693. The number of hydrogen-bond acceptors (Lipinski definition) is 2. The van der Waals surface area contributed by atoms with Gasteiger partial charge in [0, 0.05) is 6.04 Å². The molecule has 19 heavy (non-hydrogen) atoms. The summed E-state index contributed by atoms with van der Waals surface area (Å²) < 4.78 is 12.0. The highest BCUT2D eigenvalue weighted by Gasteiger charge is 2.20. The maximum absolute atomic E-state index is 6.00. The van der Waals surface area contributed by atoms with Crippen LogP contribution in [0.5, 0.6) is 11.5 Å². The summed E-state index contributed by atoms with van der Waals surface area (Å²) in [6.07, 6.45) is 2.29. The van der Waals surface area contributed by atoms with E-state index in [1.165, 1.54) is 0 Å². The van der Waals surface area contributed by atoms with Crippen molar-refractivity contribution in [2.75, 3.05) is 0 Å². The normalized spacial score (nSPS) is 10.4. The van der Waals surface area contributed by atoms with E-state index >= 15 is 0 Å². The first kappa shape index (κ1) is 13.7. The van der Waals surface area contributed by atoms with Crippen LogP contribution >= 0.6 is 0 Å². The van der Waals surface area contributed by atoms with Gasteiger partial charge in [-0.05, 0) is 30.7 Å². The predicted octanol–water partition coefficient (Wildman–Crippen LogP) is 4.43. The van der Waals surface area contributed by atoms with Gasteiger partial charge < -0.3 is 8.85 Å². The fourth-order valence-corrected chi connectivity index (χ4v) is 3.37. The second kappa shape index (κ2) is 7.64. The van der Waals surface area contributed by atoms with Crippen molar-refractivity contribution in [3.05, 3.63) is 60.7 Å². The van der Waals surface area contributed by atoms with Gasteiger partial charge >= 0.3 is 9.28 Å². The number of benzene rings is 2. The molecule has 0 N–H and O–H groups in total. The summed E-state index contributed by atoms with van der Waals surface area (Å²) in [5.74, 6) is 1.78. The van der Waals surface area contributed by atoms with E-state index in [0.29, 0.717) is 0 Å². The average molecular weight is 271 g/mol. The van der Waals surface area contributed by atoms with Crippen LogP contribution < -0.4 is 8.85 Å². The molecule has 2 aromatic carbocycles. The Bertz CT molecular complexity index is 417. The first-order valence-corrected chi connectivity index (χ1v) is 8.22. The van der Waals surface area contributed by atoms with Crippen LogP contribution in [0.1, 0.15) is 19.8 Å². The lowest BCUT2D eigenvalue weighted by molar-refractivity contribution is 0.418. The van der Waals surface area contributed by atoms with Gasteiger partial charge in [-0.3, -0.25) is 0 Å². The molecule has 0 heterocycles. The van der Waals surface area contributed by atoms with Crippen LogP contribution in [-0.2, 0) is 0 Å². The van der Waals surface area contributed by atoms with Crippen LogP contribution in [-0.4, -0.2) is 9.28 Å². The van der Waals surface area contributed by atoms with Crippen molar-refractivity contribution in [2.24, 2.45) is 0 Å². The molecule has 99 valence electrons. The Morgan fingerprint density at radius 2 is 1.26 bits per heavy atom. The van der Waals surface area contributed by atoms with Gasteiger partial charge in [-0.1, -0.05) is 49.7 Å². The zero-order valence-corrected chi connectivity index (χ0v) is 12.2. The summed E-state index contributed by atoms with van der Waals surface area (Å²) >= 11 is 0. The van der Waals surface area contributed by atoms with E-state index in [-0.39, 0.29) is 0 Å². The Balaban J connectivity index is 1.99. The summed E-state index contributed by atoms with van der Waals surface area (Å²) in [5.41, 5.74) is 0. The number of rotatable bonds is 7. The van der Waals surface area contributed by atoms with Crippen molar-refractivity contribution in [3.63, 3.8) is 0 Å². The van der Waals surface area contributed by atoms with Gasteiger partial charge in [0.15, 0.2) is 0 Å². The molecular formula is C16H19O2Si. The summed E-state index contributed by atoms with van der Waals surface area (Å²) in [4.78, 5) is 0. The Morgan fingerprint density at radius 1 is 0.789 bits per heavy atom. The maximum Gasteiger partial charge on any atom is 0.532 e. The zero-order valence-electron chi connectivity index (χ0n) is 11.2. The average Bonchev–Trinajstić information content (AvgIpc) is 2.47. The highest BCUT2D eigenvalue weighted by Crippen LogP contribution is 2.17. The summed E-state index contributed by atoms with van der Waals surface area (Å²) in [5, 5.41) is 0. The smallest absolute Gasteiger partial charge is 0.510 e. The molecule has 0 bridgehead atoms. The van der Waals surface area contributed by atoms with E-state index in [1.807, 2.05) is 60.7 Å². The first-order valence-electron chi connectivity index (χ1n) is 6.70. The van der Waals surface area contributed by atoms with Crippen LogP contribution in [0.25, 0.3) is 0 Å². The lowest BCUT2D eigenvalue weighted by Crippen LogP contribution is -2.29. The highest BCUT2D eigenvalue weighted by molar-refractivity contribution is 6.46. The van der Waals surface area contributed by atoms with Gasteiger partial charge in [0.25, 0.3) is 0 Å². The lowest BCUT2D eigenvalue weighted by atomic mass is 10.3. The van der Waals surface area contributed by atoms with E-state index < -0.39 is 9.28 Å². The minimum atomic E-state index is -1.31. The molecule has 0 saturated carbocycles. The fraction of sp³-hybridized carbons (Fsp3) is 0.250. The van der Waals surface area contributed by atoms with Crippen LogP contribution in [0, 0.1) is 0 Å². The SMILES string of the molecule is CCCC[Si](Oc1ccccc1)Oc1ccccc1. The van der Waals surface area contributed by atoms with Gasteiger partial charge in [-0.25, -0.2) is 0 Å². The van der Waals surface area contributed by atoms with E-state index in [1.54, 1.807) is 0 Å². The monoisotopic (exact) mass is 271 g/mol. The zero-order chi connectivity index (χ0) is 13.3. The van der Waals surface area contributed by atoms with E-state index in [0.717, 1.165) is 30.4 Å². The van der Waals surface area contributed by atoms with Gasteiger partial charge in [0.2, 0.25) is 0 Å². The molecule has 2 nitrogen and oxygen atoms in total. The molecular weight excluding hydrogens is 252 g/mol. The van der Waals surface area contributed by atoms with Crippen molar-refractivity contribution in [2.45, 2.75) is 25.8 Å². The number of para-hydroxylation sites is 2. The standard InChI is InChI=1S/C16H19O2Si/c1-2-3-14-19(17-15-10-6-4-7-11-15)18-16-12-8-5-9-13-16/h4-13H,2-3,14H2,1H3. The molecule has 0 unspecified atom stereocenters. The summed E-state index contributed by atoms with van der Waals surface area (Å²) in [6, 6.07) is 20.8. The second-order valence-electron chi connectivity index (χ2n) is 4.31. The molecule has 0 amide bonds. The van der Waals surface area contributed by atoms with Gasteiger partial charge in [0.1, 0.15) is 11.5 Å². The van der Waals surface area contributed by atoms with Crippen molar-refractivity contribution < 1.29 is 8.85 Å². The second-order valence-corrected chi connectivity index (χ2v) is 5.96. The van der Waals surface area contributed by atoms with Crippen LogP contribution in [0.4, 0.5) is 0 Å². The molecule has 0 fully saturated rings. The Morgan fingerprint density at radius 3 is 1.68 bits per heavy atom. The molecule has 0 aliphatic rings. The molecule has 0 aliphatic carbocycles. The highest BCUT2D eigenvalue weighted by atomic mass is 28.3. The fourth-order valence-electron chi connectivity index (χ4n) is 1.68. The molecule has 0 atom stereocenters. The topological polar surface area (TPSA) is 18.5 Å². The lowest BCUT2D eigenvalue weighted by Gasteiger charge is -2.16.